The number of aliphatic carboxylic acids is 1. The second-order valence-corrected chi connectivity index (χ2v) is 7.43. The molecule has 0 radical (unpaired) electrons. The van der Waals surface area contributed by atoms with Crippen LogP contribution in [0.5, 0.6) is 0 Å². The van der Waals surface area contributed by atoms with Gasteiger partial charge in [-0.15, -0.1) is 0 Å². The molecule has 1 aromatic rings. The van der Waals surface area contributed by atoms with Gasteiger partial charge in [0.15, 0.2) is 9.84 Å². The molecule has 4 nitrogen and oxygen atoms in total. The summed E-state index contributed by atoms with van der Waals surface area (Å²) in [6, 6.07) is 4.29. The van der Waals surface area contributed by atoms with E-state index in [0.717, 1.165) is 19.1 Å². The number of rotatable bonds is 3. The standard InChI is InChI=1S/C13H15ClO4S/c1-19(17,18)9-4-5-11(14)10(8-9)13(12(15)16)6-2-3-7-13/h4-5,8H,2-3,6-7H2,1H3,(H,15,16). The summed E-state index contributed by atoms with van der Waals surface area (Å²) >= 11 is 6.10. The molecule has 0 spiro atoms. The van der Waals surface area contributed by atoms with Gasteiger partial charge in [-0.3, -0.25) is 4.79 Å². The van der Waals surface area contributed by atoms with Crippen LogP contribution in [-0.4, -0.2) is 25.7 Å². The summed E-state index contributed by atoms with van der Waals surface area (Å²) in [6.45, 7) is 0. The predicted molar refractivity (Wildman–Crippen MR) is 72.3 cm³/mol. The van der Waals surface area contributed by atoms with Crippen LogP contribution in [-0.2, 0) is 20.0 Å². The fourth-order valence-electron chi connectivity index (χ4n) is 2.68. The number of carboxylic acid groups (broad SMARTS) is 1. The molecule has 0 atom stereocenters. The Labute approximate surface area is 117 Å². The molecule has 6 heteroatoms. The molecule has 19 heavy (non-hydrogen) atoms. The van der Waals surface area contributed by atoms with Gasteiger partial charge in [-0.25, -0.2) is 8.42 Å². The molecule has 0 aromatic heterocycles. The minimum Gasteiger partial charge on any atom is -0.481 e. The molecule has 1 fully saturated rings. The number of carboxylic acids is 1. The maximum absolute atomic E-state index is 11.6. The Bertz CT molecular complexity index is 616. The van der Waals surface area contributed by atoms with Crippen LogP contribution in [0.1, 0.15) is 31.2 Å². The molecule has 0 amide bonds. The summed E-state index contributed by atoms with van der Waals surface area (Å²) in [7, 11) is -3.38. The molecule has 0 heterocycles. The Morgan fingerprint density at radius 2 is 1.89 bits per heavy atom. The van der Waals surface area contributed by atoms with Crippen molar-refractivity contribution in [3.8, 4) is 0 Å². The molecule has 1 aliphatic carbocycles. The van der Waals surface area contributed by atoms with Gasteiger partial charge in [0, 0.05) is 11.3 Å². The van der Waals surface area contributed by atoms with E-state index in [1.54, 1.807) is 0 Å². The highest BCUT2D eigenvalue weighted by Gasteiger charge is 2.44. The normalized spacial score (nSPS) is 18.4. The molecule has 104 valence electrons. The van der Waals surface area contributed by atoms with E-state index in [1.807, 2.05) is 0 Å². The van der Waals surface area contributed by atoms with Crippen molar-refractivity contribution in [2.75, 3.05) is 6.26 Å². The molecular formula is C13H15ClO4S. The third kappa shape index (κ3) is 2.49. The van der Waals surface area contributed by atoms with E-state index in [2.05, 4.69) is 0 Å². The SMILES string of the molecule is CS(=O)(=O)c1ccc(Cl)c(C2(C(=O)O)CCCC2)c1. The highest BCUT2D eigenvalue weighted by atomic mass is 35.5. The number of benzene rings is 1. The first kappa shape index (κ1) is 14.3. The van der Waals surface area contributed by atoms with Crippen molar-refractivity contribution in [1.29, 1.82) is 0 Å². The Kier molecular flexibility index (Phi) is 3.62. The van der Waals surface area contributed by atoms with Crippen molar-refractivity contribution < 1.29 is 18.3 Å². The Balaban J connectivity index is 2.64. The zero-order valence-corrected chi connectivity index (χ0v) is 12.1. The van der Waals surface area contributed by atoms with Gasteiger partial charge >= 0.3 is 5.97 Å². The average Bonchev–Trinajstić information content (AvgIpc) is 2.78. The summed E-state index contributed by atoms with van der Waals surface area (Å²) in [5.74, 6) is -0.933. The van der Waals surface area contributed by atoms with E-state index in [-0.39, 0.29) is 4.90 Å². The zero-order chi connectivity index (χ0) is 14.3. The maximum Gasteiger partial charge on any atom is 0.314 e. The Hall–Kier alpha value is -1.07. The number of hydrogen-bond acceptors (Lipinski definition) is 3. The van der Waals surface area contributed by atoms with Crippen molar-refractivity contribution in [3.63, 3.8) is 0 Å². The fraction of sp³-hybridized carbons (Fsp3) is 0.462. The molecule has 0 aliphatic heterocycles. The van der Waals surface area contributed by atoms with Crippen molar-refractivity contribution >= 4 is 27.4 Å². The van der Waals surface area contributed by atoms with Gasteiger partial charge in [-0.2, -0.15) is 0 Å². The molecule has 1 aromatic carbocycles. The van der Waals surface area contributed by atoms with Crippen molar-refractivity contribution in [2.24, 2.45) is 0 Å². The number of sulfone groups is 1. The summed E-state index contributed by atoms with van der Waals surface area (Å²) in [6.07, 6.45) is 3.71. The van der Waals surface area contributed by atoms with E-state index in [9.17, 15) is 18.3 Å². The number of hydrogen-bond donors (Lipinski definition) is 1. The van der Waals surface area contributed by atoms with Gasteiger partial charge in [0.1, 0.15) is 0 Å². The third-order valence-electron chi connectivity index (χ3n) is 3.75. The minimum absolute atomic E-state index is 0.111. The quantitative estimate of drug-likeness (QED) is 0.931. The van der Waals surface area contributed by atoms with Crippen molar-refractivity contribution in [2.45, 2.75) is 36.0 Å². The van der Waals surface area contributed by atoms with E-state index in [4.69, 9.17) is 11.6 Å². The highest BCUT2D eigenvalue weighted by Crippen LogP contribution is 2.44. The molecule has 0 saturated heterocycles. The summed E-state index contributed by atoms with van der Waals surface area (Å²) in [5.41, 5.74) is -0.625. The van der Waals surface area contributed by atoms with Crippen molar-refractivity contribution in [1.82, 2.24) is 0 Å². The van der Waals surface area contributed by atoms with Gasteiger partial charge in [0.25, 0.3) is 0 Å². The van der Waals surface area contributed by atoms with Crippen molar-refractivity contribution in [3.05, 3.63) is 28.8 Å². The molecule has 1 saturated carbocycles. The van der Waals surface area contributed by atoms with Gasteiger partial charge < -0.3 is 5.11 Å². The first-order valence-corrected chi connectivity index (χ1v) is 8.28. The van der Waals surface area contributed by atoms with Gasteiger partial charge in [0.05, 0.1) is 10.3 Å². The van der Waals surface area contributed by atoms with Crippen LogP contribution < -0.4 is 0 Å². The van der Waals surface area contributed by atoms with Crippen LogP contribution in [0.2, 0.25) is 5.02 Å². The largest absolute Gasteiger partial charge is 0.481 e. The summed E-state index contributed by atoms with van der Waals surface area (Å²) in [4.78, 5) is 11.7. The Morgan fingerprint density at radius 1 is 1.32 bits per heavy atom. The lowest BCUT2D eigenvalue weighted by molar-refractivity contribution is -0.143. The Morgan fingerprint density at radius 3 is 2.37 bits per heavy atom. The van der Waals surface area contributed by atoms with E-state index in [1.165, 1.54) is 18.2 Å². The first-order chi connectivity index (χ1) is 8.77. The smallest absolute Gasteiger partial charge is 0.314 e. The van der Waals surface area contributed by atoms with Crippen LogP contribution in [0.4, 0.5) is 0 Å². The summed E-state index contributed by atoms with van der Waals surface area (Å²) < 4.78 is 23.2. The second-order valence-electron chi connectivity index (χ2n) is 5.01. The van der Waals surface area contributed by atoms with E-state index in [0.29, 0.717) is 23.4 Å². The molecule has 2 rings (SSSR count). The van der Waals surface area contributed by atoms with Gasteiger partial charge in [-0.05, 0) is 36.6 Å². The zero-order valence-electron chi connectivity index (χ0n) is 10.5. The van der Waals surface area contributed by atoms with Gasteiger partial charge in [-0.1, -0.05) is 24.4 Å². The lowest BCUT2D eigenvalue weighted by Gasteiger charge is -2.25. The van der Waals surface area contributed by atoms with E-state index >= 15 is 0 Å². The topological polar surface area (TPSA) is 71.4 Å². The van der Waals surface area contributed by atoms with Gasteiger partial charge in [0.2, 0.25) is 0 Å². The van der Waals surface area contributed by atoms with Crippen LogP contribution >= 0.6 is 11.6 Å². The minimum atomic E-state index is -3.38. The average molecular weight is 303 g/mol. The predicted octanol–water partition coefficient (Wildman–Crippen LogP) is 2.64. The molecule has 0 unspecified atom stereocenters. The third-order valence-corrected chi connectivity index (χ3v) is 5.19. The number of carbonyl (C=O) groups is 1. The second kappa shape index (κ2) is 4.80. The highest BCUT2D eigenvalue weighted by molar-refractivity contribution is 7.90. The monoisotopic (exact) mass is 302 g/mol. The van der Waals surface area contributed by atoms with Crippen LogP contribution in [0.3, 0.4) is 0 Å². The van der Waals surface area contributed by atoms with Crippen LogP contribution in [0.15, 0.2) is 23.1 Å². The fourth-order valence-corrected chi connectivity index (χ4v) is 3.62. The van der Waals surface area contributed by atoms with Crippen LogP contribution in [0.25, 0.3) is 0 Å². The molecule has 1 N–H and O–H groups in total. The number of halogens is 1. The molecule has 1 aliphatic rings. The lowest BCUT2D eigenvalue weighted by atomic mass is 9.79. The maximum atomic E-state index is 11.6. The summed E-state index contributed by atoms with van der Waals surface area (Å²) in [5, 5.41) is 9.84. The molecular weight excluding hydrogens is 288 g/mol. The lowest BCUT2D eigenvalue weighted by Crippen LogP contribution is -2.33. The van der Waals surface area contributed by atoms with E-state index < -0.39 is 21.2 Å². The first-order valence-electron chi connectivity index (χ1n) is 6.01. The molecule has 0 bridgehead atoms. The van der Waals surface area contributed by atoms with Crippen LogP contribution in [0, 0.1) is 0 Å².